The quantitative estimate of drug-likeness (QED) is 0.819. The summed E-state index contributed by atoms with van der Waals surface area (Å²) in [4.78, 5) is -0.258. The molecular formula is C15H18F3NO2S2. The second-order valence-corrected chi connectivity index (χ2v) is 9.06. The van der Waals surface area contributed by atoms with Gasteiger partial charge in [-0.1, -0.05) is 6.07 Å². The molecule has 1 aromatic carbocycles. The van der Waals surface area contributed by atoms with E-state index in [1.54, 1.807) is 11.8 Å². The smallest absolute Gasteiger partial charge is 0.207 e. The Kier molecular flexibility index (Phi) is 4.44. The Labute approximate surface area is 138 Å². The third-order valence-corrected chi connectivity index (χ3v) is 7.75. The van der Waals surface area contributed by atoms with E-state index in [4.69, 9.17) is 0 Å². The first-order valence-electron chi connectivity index (χ1n) is 7.47. The Balaban J connectivity index is 1.94. The van der Waals surface area contributed by atoms with Crippen molar-refractivity contribution in [3.8, 4) is 0 Å². The van der Waals surface area contributed by atoms with Gasteiger partial charge in [0.2, 0.25) is 10.0 Å². The highest BCUT2D eigenvalue weighted by Gasteiger charge is 2.47. The van der Waals surface area contributed by atoms with Crippen molar-refractivity contribution < 1.29 is 21.6 Å². The van der Waals surface area contributed by atoms with Crippen LogP contribution in [0.15, 0.2) is 29.2 Å². The van der Waals surface area contributed by atoms with Crippen molar-refractivity contribution in [1.82, 2.24) is 4.31 Å². The minimum atomic E-state index is -4.55. The van der Waals surface area contributed by atoms with Gasteiger partial charge in [0.05, 0.1) is 10.5 Å². The van der Waals surface area contributed by atoms with Crippen LogP contribution in [0.3, 0.4) is 0 Å². The molecule has 2 heterocycles. The van der Waals surface area contributed by atoms with Crippen LogP contribution < -0.4 is 0 Å². The van der Waals surface area contributed by atoms with Gasteiger partial charge in [-0.25, -0.2) is 8.42 Å². The maximum absolute atomic E-state index is 12.9. The van der Waals surface area contributed by atoms with Crippen LogP contribution in [-0.4, -0.2) is 36.3 Å². The van der Waals surface area contributed by atoms with Crippen LogP contribution in [0.25, 0.3) is 0 Å². The minimum absolute atomic E-state index is 0.0919. The first kappa shape index (κ1) is 17.1. The minimum Gasteiger partial charge on any atom is -0.207 e. The number of halogens is 3. The third-order valence-electron chi connectivity index (χ3n) is 4.69. The Bertz CT molecular complexity index is 676. The first-order chi connectivity index (χ1) is 10.7. The molecule has 1 aromatic rings. The molecule has 8 heteroatoms. The van der Waals surface area contributed by atoms with Gasteiger partial charge in [-0.2, -0.15) is 29.2 Å². The normalized spacial score (nSPS) is 29.0. The van der Waals surface area contributed by atoms with Gasteiger partial charge >= 0.3 is 6.18 Å². The zero-order valence-electron chi connectivity index (χ0n) is 12.6. The second-order valence-electron chi connectivity index (χ2n) is 6.07. The number of thioether (sulfide) groups is 1. The number of fused-ring (bicyclic) bond motifs is 2. The van der Waals surface area contributed by atoms with Crippen molar-refractivity contribution in [2.45, 2.75) is 54.1 Å². The van der Waals surface area contributed by atoms with Crippen LogP contribution >= 0.6 is 11.8 Å². The molecule has 128 valence electrons. The summed E-state index contributed by atoms with van der Waals surface area (Å²) >= 11 is 1.74. The highest BCUT2D eigenvalue weighted by atomic mass is 32.2. The Morgan fingerprint density at radius 1 is 1.17 bits per heavy atom. The van der Waals surface area contributed by atoms with Crippen molar-refractivity contribution in [2.75, 3.05) is 6.26 Å². The van der Waals surface area contributed by atoms with Crippen LogP contribution in [0.4, 0.5) is 13.2 Å². The summed E-state index contributed by atoms with van der Waals surface area (Å²) in [5.74, 6) is 0. The van der Waals surface area contributed by atoms with E-state index in [1.807, 2.05) is 6.26 Å². The van der Waals surface area contributed by atoms with E-state index in [0.717, 1.165) is 43.9 Å². The van der Waals surface area contributed by atoms with Gasteiger partial charge in [-0.15, -0.1) is 0 Å². The molecule has 2 fully saturated rings. The molecule has 2 atom stereocenters. The lowest BCUT2D eigenvalue weighted by Crippen LogP contribution is -2.47. The van der Waals surface area contributed by atoms with Gasteiger partial charge < -0.3 is 0 Å². The van der Waals surface area contributed by atoms with E-state index < -0.39 is 21.8 Å². The average molecular weight is 365 g/mol. The molecule has 2 unspecified atom stereocenters. The predicted molar refractivity (Wildman–Crippen MR) is 83.8 cm³/mol. The van der Waals surface area contributed by atoms with E-state index in [0.29, 0.717) is 5.25 Å². The van der Waals surface area contributed by atoms with Gasteiger partial charge in [0.15, 0.2) is 0 Å². The maximum atomic E-state index is 12.9. The molecule has 2 bridgehead atoms. The summed E-state index contributed by atoms with van der Waals surface area (Å²) in [6.07, 6.45) is 0.600. The Hall–Kier alpha value is -0.730. The average Bonchev–Trinajstić information content (AvgIpc) is 2.78. The molecule has 2 aliphatic rings. The monoisotopic (exact) mass is 365 g/mol. The molecule has 0 amide bonds. The van der Waals surface area contributed by atoms with Gasteiger partial charge in [-0.3, -0.25) is 0 Å². The van der Waals surface area contributed by atoms with Crippen molar-refractivity contribution in [3.63, 3.8) is 0 Å². The fourth-order valence-corrected chi connectivity index (χ4v) is 6.39. The molecule has 23 heavy (non-hydrogen) atoms. The Morgan fingerprint density at radius 2 is 1.78 bits per heavy atom. The maximum Gasteiger partial charge on any atom is 0.416 e. The summed E-state index contributed by atoms with van der Waals surface area (Å²) in [5.41, 5.74) is -0.926. The topological polar surface area (TPSA) is 37.4 Å². The summed E-state index contributed by atoms with van der Waals surface area (Å²) in [5, 5.41) is 0.431. The van der Waals surface area contributed by atoms with E-state index in [9.17, 15) is 21.6 Å². The highest BCUT2D eigenvalue weighted by Crippen LogP contribution is 2.43. The molecule has 2 saturated heterocycles. The number of alkyl halides is 3. The zero-order chi connectivity index (χ0) is 16.8. The fourth-order valence-electron chi connectivity index (χ4n) is 3.62. The summed E-state index contributed by atoms with van der Waals surface area (Å²) in [7, 11) is -3.89. The fraction of sp³-hybridized carbons (Fsp3) is 0.600. The van der Waals surface area contributed by atoms with E-state index in [1.165, 1.54) is 10.4 Å². The predicted octanol–water partition coefficient (Wildman–Crippen LogP) is 3.75. The van der Waals surface area contributed by atoms with Crippen LogP contribution in [0.1, 0.15) is 31.2 Å². The summed E-state index contributed by atoms with van der Waals surface area (Å²) in [6, 6.07) is 3.87. The lowest BCUT2D eigenvalue weighted by molar-refractivity contribution is -0.137. The molecule has 0 aromatic heterocycles. The number of piperidine rings is 1. The molecule has 0 radical (unpaired) electrons. The highest BCUT2D eigenvalue weighted by molar-refractivity contribution is 7.99. The molecule has 3 rings (SSSR count). The molecule has 2 aliphatic heterocycles. The van der Waals surface area contributed by atoms with Gasteiger partial charge in [0, 0.05) is 17.3 Å². The standard InChI is InChI=1S/C15H18F3NO2S2/c1-22-13-8-11-5-6-12(9-13)19(11)23(20,21)14-4-2-3-10(7-14)15(16,17)18/h2-4,7,11-13H,5-6,8-9H2,1H3. The lowest BCUT2D eigenvalue weighted by atomic mass is 10.1. The van der Waals surface area contributed by atoms with Crippen LogP contribution in [-0.2, 0) is 16.2 Å². The van der Waals surface area contributed by atoms with E-state index >= 15 is 0 Å². The molecule has 0 aliphatic carbocycles. The molecule has 0 saturated carbocycles. The van der Waals surface area contributed by atoms with Crippen molar-refractivity contribution >= 4 is 21.8 Å². The number of nitrogens with zero attached hydrogens (tertiary/aromatic N) is 1. The van der Waals surface area contributed by atoms with E-state index in [-0.39, 0.29) is 17.0 Å². The lowest BCUT2D eigenvalue weighted by Gasteiger charge is -2.37. The van der Waals surface area contributed by atoms with E-state index in [2.05, 4.69) is 0 Å². The number of hydrogen-bond donors (Lipinski definition) is 0. The van der Waals surface area contributed by atoms with Crippen molar-refractivity contribution in [2.24, 2.45) is 0 Å². The van der Waals surface area contributed by atoms with Crippen molar-refractivity contribution in [3.05, 3.63) is 29.8 Å². The molecule has 0 spiro atoms. The summed E-state index contributed by atoms with van der Waals surface area (Å²) in [6.45, 7) is 0. The largest absolute Gasteiger partial charge is 0.416 e. The number of hydrogen-bond acceptors (Lipinski definition) is 3. The Morgan fingerprint density at radius 3 is 2.30 bits per heavy atom. The SMILES string of the molecule is CSC1CC2CCC(C1)N2S(=O)(=O)c1cccc(C(F)(F)F)c1. The molecule has 0 N–H and O–H groups in total. The first-order valence-corrected chi connectivity index (χ1v) is 10.2. The van der Waals surface area contributed by atoms with Crippen LogP contribution in [0.2, 0.25) is 0 Å². The zero-order valence-corrected chi connectivity index (χ0v) is 14.2. The van der Waals surface area contributed by atoms with Crippen LogP contribution in [0, 0.1) is 0 Å². The summed E-state index contributed by atoms with van der Waals surface area (Å²) < 4.78 is 65.8. The number of benzene rings is 1. The third kappa shape index (κ3) is 3.13. The molecular weight excluding hydrogens is 347 g/mol. The number of sulfonamides is 1. The van der Waals surface area contributed by atoms with Gasteiger partial charge in [0.25, 0.3) is 0 Å². The van der Waals surface area contributed by atoms with Crippen LogP contribution in [0.5, 0.6) is 0 Å². The number of rotatable bonds is 3. The van der Waals surface area contributed by atoms with Gasteiger partial charge in [-0.05, 0) is 50.1 Å². The van der Waals surface area contributed by atoms with Crippen molar-refractivity contribution in [1.29, 1.82) is 0 Å². The second kappa shape index (κ2) is 5.97. The van der Waals surface area contributed by atoms with Gasteiger partial charge in [0.1, 0.15) is 0 Å². The molecule has 3 nitrogen and oxygen atoms in total.